The fourth-order valence-corrected chi connectivity index (χ4v) is 13.8. The Hall–Kier alpha value is -3.49. The van der Waals surface area contributed by atoms with Crippen molar-refractivity contribution in [3.05, 3.63) is 58.4 Å². The van der Waals surface area contributed by atoms with Gasteiger partial charge in [0.25, 0.3) is 0 Å². The van der Waals surface area contributed by atoms with E-state index >= 15 is 4.79 Å². The molecule has 2 bridgehead atoms. The predicted octanol–water partition coefficient (Wildman–Crippen LogP) is 5.75. The molecular formula is C54H80N2O15. The van der Waals surface area contributed by atoms with Crippen molar-refractivity contribution in [3.63, 3.8) is 0 Å². The highest BCUT2D eigenvalue weighted by atomic mass is 16.7. The molecule has 17 nitrogen and oxygen atoms in total. The zero-order chi connectivity index (χ0) is 51.8. The van der Waals surface area contributed by atoms with Gasteiger partial charge in [0.2, 0.25) is 5.78 Å². The van der Waals surface area contributed by atoms with Gasteiger partial charge in [0.1, 0.15) is 23.5 Å². The number of aliphatic hydroxyl groups is 4. The van der Waals surface area contributed by atoms with Gasteiger partial charge in [-0.3, -0.25) is 4.79 Å². The molecule has 5 fully saturated rings. The number of ketones is 1. The molecule has 1 saturated carbocycles. The largest absolute Gasteiger partial charge is 0.511 e. The summed E-state index contributed by atoms with van der Waals surface area (Å²) in [6, 6.07) is -0.562. The zero-order valence-electron chi connectivity index (χ0n) is 43.5. The first-order chi connectivity index (χ1) is 33.3. The minimum absolute atomic E-state index is 0.000902. The van der Waals surface area contributed by atoms with Crippen molar-refractivity contribution in [1.82, 2.24) is 5.32 Å². The first kappa shape index (κ1) is 53.8. The van der Waals surface area contributed by atoms with Crippen molar-refractivity contribution in [3.8, 4) is 0 Å². The molecule has 4 aliphatic heterocycles. The summed E-state index contributed by atoms with van der Waals surface area (Å²) in [5, 5.41) is 48.0. The van der Waals surface area contributed by atoms with Gasteiger partial charge in [0.05, 0.1) is 55.9 Å². The topological polar surface area (TPSA) is 244 Å². The lowest BCUT2D eigenvalue weighted by molar-refractivity contribution is -0.317. The van der Waals surface area contributed by atoms with E-state index in [2.05, 4.69) is 37.4 Å². The number of hydrogen-bond donors (Lipinski definition) is 6. The summed E-state index contributed by atoms with van der Waals surface area (Å²) in [6.45, 7) is 21.3. The Morgan fingerprint density at radius 1 is 0.789 bits per heavy atom. The van der Waals surface area contributed by atoms with E-state index in [0.717, 1.165) is 16.7 Å². The molecule has 4 saturated heterocycles. The number of nitrogens with one attached hydrogen (secondary N) is 1. The van der Waals surface area contributed by atoms with Crippen LogP contribution in [0.15, 0.2) is 58.4 Å². The zero-order valence-corrected chi connectivity index (χ0v) is 43.5. The quantitative estimate of drug-likeness (QED) is 0.101. The Morgan fingerprint density at radius 3 is 2.10 bits per heavy atom. The second-order valence-corrected chi connectivity index (χ2v) is 23.0. The second-order valence-electron chi connectivity index (χ2n) is 23.0. The minimum atomic E-state index is -1.62. The maximum Gasteiger partial charge on any atom is 0.407 e. The van der Waals surface area contributed by atoms with Crippen LogP contribution >= 0.6 is 0 Å². The Morgan fingerprint density at radius 2 is 1.44 bits per heavy atom. The van der Waals surface area contributed by atoms with Gasteiger partial charge in [-0.05, 0) is 90.6 Å². The summed E-state index contributed by atoms with van der Waals surface area (Å²) in [5.41, 5.74) is 5.51. The van der Waals surface area contributed by atoms with E-state index in [0.29, 0.717) is 12.8 Å². The van der Waals surface area contributed by atoms with Crippen molar-refractivity contribution in [2.45, 2.75) is 206 Å². The lowest BCUT2D eigenvalue weighted by atomic mass is 9.49. The molecule has 8 aliphatic rings. The van der Waals surface area contributed by atoms with Crippen LogP contribution in [0.25, 0.3) is 0 Å². The van der Waals surface area contributed by atoms with Gasteiger partial charge in [-0.2, -0.15) is 0 Å². The molecule has 17 heteroatoms. The van der Waals surface area contributed by atoms with Gasteiger partial charge in [0.15, 0.2) is 24.5 Å². The molecular weight excluding hydrogens is 917 g/mol. The number of methoxy groups -OCH3 is 1. The van der Waals surface area contributed by atoms with E-state index in [1.54, 1.807) is 13.8 Å². The number of aliphatic hydroxyl groups excluding tert-OH is 4. The fourth-order valence-electron chi connectivity index (χ4n) is 13.8. The molecule has 23 atom stereocenters. The molecule has 396 valence electrons. The molecule has 0 radical (unpaired) electrons. The molecule has 8 rings (SSSR count). The van der Waals surface area contributed by atoms with Gasteiger partial charge in [-0.1, -0.05) is 69.2 Å². The molecule has 0 aromatic carbocycles. The summed E-state index contributed by atoms with van der Waals surface area (Å²) in [4.78, 5) is 42.3. The van der Waals surface area contributed by atoms with Crippen LogP contribution in [0.4, 0.5) is 4.79 Å². The molecule has 0 aromatic heterocycles. The molecule has 4 aliphatic carbocycles. The van der Waals surface area contributed by atoms with Crippen LogP contribution < -0.4 is 11.1 Å². The van der Waals surface area contributed by atoms with Gasteiger partial charge in [-0.25, -0.2) is 9.59 Å². The number of hydrogen-bond acceptors (Lipinski definition) is 16. The van der Waals surface area contributed by atoms with Crippen LogP contribution in [-0.2, 0) is 47.5 Å². The van der Waals surface area contributed by atoms with E-state index < -0.39 is 126 Å². The number of allylic oxidation sites excluding steroid dienone is 4. The average molecular weight is 997 g/mol. The van der Waals surface area contributed by atoms with Crippen molar-refractivity contribution >= 4 is 17.8 Å². The van der Waals surface area contributed by atoms with Crippen LogP contribution in [0.3, 0.4) is 0 Å². The first-order valence-electron chi connectivity index (χ1n) is 25.8. The molecule has 4 heterocycles. The van der Waals surface area contributed by atoms with E-state index in [1.807, 2.05) is 60.6 Å². The number of alkyl carbamates (subject to hydrolysis) is 1. The Balaban J connectivity index is 1.16. The third-order valence-corrected chi connectivity index (χ3v) is 17.8. The van der Waals surface area contributed by atoms with Crippen LogP contribution in [0.5, 0.6) is 0 Å². The van der Waals surface area contributed by atoms with E-state index in [-0.39, 0.29) is 66.6 Å². The standard InChI is InChI=1S/C54H80N2O15/c1-24-13-16-37(68-41-23-52(10,55)47(32(9)67-41)56-51(63)64-12)26(3)19-33-18-25(2)29(6)22-54(33)49(61)42(50(62)71-54)48(60)53(11)35(24)15-14-34-43(53)27(4)17-28(5)46(34)70-40-21-38(45(59)31(8)66-40)69-39-20-36(57)44(58)30(7)65-39/h13-15,18-19,27-41,43-47,57-60H,16-17,20-23,55H2,1-12H3,(H,56,63)/b24-13+,26-19?,48-42-/t27-,28-,29+,30-,31-,32+,33-,34-,35-,36+,37-,38+,39-,40-,41-,43+,44-,45-,46-,47-,52-,53+,54-/m0/s1. The number of carbonyl (C=O) groups excluding carboxylic acids is 3. The number of Topliss-reactive ketones (excluding diaryl/α,β-unsaturated/α-hetero) is 1. The van der Waals surface area contributed by atoms with Crippen molar-refractivity contribution in [2.75, 3.05) is 7.11 Å². The maximum absolute atomic E-state index is 15.4. The lowest BCUT2D eigenvalue weighted by Crippen LogP contribution is -2.66. The van der Waals surface area contributed by atoms with Gasteiger partial charge >= 0.3 is 12.1 Å². The highest BCUT2D eigenvalue weighted by Gasteiger charge is 2.63. The molecule has 0 aromatic rings. The highest BCUT2D eigenvalue weighted by Crippen LogP contribution is 2.61. The predicted molar refractivity (Wildman–Crippen MR) is 259 cm³/mol. The number of nitrogens with two attached hydrogens (primary N) is 1. The SMILES string of the molecule is COC(=O)N[C@H]1[C@@H](C)O[C@@H](O[C@H]2C/C=C(\C)[C@@H]3C=C[C@@H]4[C@@H](O[C@H]5C[C@@H](O[C@H]6C[C@@H](O)[C@@H](O)[C@H](C)O6)[C@@H](O)[C@H](C)O5)[C@@H](C)C[C@H](C)[C@H]4[C@]3(C)/C(O)=C3/C(=O)O[C@]4(C[C@@H](C)C(C)=C[C@H]4C=C2C)C3=O)C[C@]1(C)N. The van der Waals surface area contributed by atoms with Crippen LogP contribution in [-0.4, -0.2) is 136 Å². The highest BCUT2D eigenvalue weighted by molar-refractivity contribution is 6.26. The smallest absolute Gasteiger partial charge is 0.407 e. The van der Waals surface area contributed by atoms with Crippen molar-refractivity contribution in [2.24, 2.45) is 52.6 Å². The van der Waals surface area contributed by atoms with Crippen molar-refractivity contribution < 1.29 is 72.7 Å². The first-order valence-corrected chi connectivity index (χ1v) is 25.8. The monoisotopic (exact) mass is 997 g/mol. The van der Waals surface area contributed by atoms with Crippen LogP contribution in [0.1, 0.15) is 115 Å². The molecule has 0 unspecified atom stereocenters. The van der Waals surface area contributed by atoms with Gasteiger partial charge < -0.3 is 69.4 Å². The summed E-state index contributed by atoms with van der Waals surface area (Å²) in [7, 11) is 1.29. The summed E-state index contributed by atoms with van der Waals surface area (Å²) in [5.74, 6) is -3.67. The normalized spacial score (nSPS) is 50.0. The third-order valence-electron chi connectivity index (χ3n) is 17.8. The number of ether oxygens (including phenoxy) is 8. The number of esters is 1. The van der Waals surface area contributed by atoms with E-state index in [9.17, 15) is 30.0 Å². The molecule has 71 heavy (non-hydrogen) atoms. The fraction of sp³-hybridized carbons (Fsp3) is 0.759. The third kappa shape index (κ3) is 9.86. The van der Waals surface area contributed by atoms with E-state index in [4.69, 9.17) is 43.6 Å². The number of fused-ring (bicyclic) bond motifs is 4. The maximum atomic E-state index is 15.4. The molecule has 7 N–H and O–H groups in total. The summed E-state index contributed by atoms with van der Waals surface area (Å²) in [6.07, 6.45) is 2.13. The number of amides is 1. The Bertz CT molecular complexity index is 2190. The van der Waals surface area contributed by atoms with Crippen molar-refractivity contribution in [1.29, 1.82) is 0 Å². The molecule has 1 amide bonds. The van der Waals surface area contributed by atoms with Gasteiger partial charge in [0, 0.05) is 54.4 Å². The second kappa shape index (κ2) is 20.3. The average Bonchev–Trinajstić information content (AvgIpc) is 3.54. The Labute approximate surface area is 418 Å². The lowest BCUT2D eigenvalue weighted by Gasteiger charge is -2.56. The number of rotatable bonds is 7. The number of carbonyl (C=O) groups is 3. The minimum Gasteiger partial charge on any atom is -0.511 e. The summed E-state index contributed by atoms with van der Waals surface area (Å²) >= 11 is 0. The van der Waals surface area contributed by atoms with Crippen LogP contribution in [0, 0.1) is 46.8 Å². The molecule has 1 spiro atoms. The Kier molecular flexibility index (Phi) is 15.4. The van der Waals surface area contributed by atoms with Crippen LogP contribution in [0.2, 0.25) is 0 Å². The summed E-state index contributed by atoms with van der Waals surface area (Å²) < 4.78 is 50.0. The van der Waals surface area contributed by atoms with Gasteiger partial charge in [-0.15, -0.1) is 0 Å². The van der Waals surface area contributed by atoms with E-state index in [1.165, 1.54) is 7.11 Å².